The Hall–Kier alpha value is -14.6. The lowest BCUT2D eigenvalue weighted by molar-refractivity contribution is -0.156. The summed E-state index contributed by atoms with van der Waals surface area (Å²) in [6, 6.07) is 15.5. The molecule has 138 heavy (non-hydrogen) atoms. The molecule has 0 fully saturated rings. The van der Waals surface area contributed by atoms with Crippen LogP contribution in [-0.4, -0.2) is 251 Å². The van der Waals surface area contributed by atoms with Crippen LogP contribution in [0.2, 0.25) is 0 Å². The number of nitrogens with zero attached hydrogens (tertiary/aromatic N) is 6. The minimum Gasteiger partial charge on any atom is -0.494 e. The zero-order chi connectivity index (χ0) is 100. The molecule has 9 aromatic rings. The van der Waals surface area contributed by atoms with Gasteiger partial charge < -0.3 is 102 Å². The molecular weight excluding hydrogens is 1840 g/mol. The van der Waals surface area contributed by atoms with Crippen LogP contribution in [0.15, 0.2) is 138 Å². The molecular formula is C91H119N21O24S2. The highest BCUT2D eigenvalue weighted by atomic mass is 32.2. The van der Waals surface area contributed by atoms with E-state index in [4.69, 9.17) is 23.7 Å². The van der Waals surface area contributed by atoms with Crippen LogP contribution in [0.1, 0.15) is 154 Å². The number of amides is 9. The molecule has 4 heterocycles. The van der Waals surface area contributed by atoms with E-state index >= 15 is 0 Å². The molecule has 9 rings (SSSR count). The van der Waals surface area contributed by atoms with Crippen LogP contribution in [-0.2, 0) is 102 Å². The van der Waals surface area contributed by atoms with Gasteiger partial charge in [0, 0.05) is 131 Å². The lowest BCUT2D eigenvalue weighted by Crippen LogP contribution is -2.57. The number of imidazole rings is 2. The molecule has 47 heteroatoms. The summed E-state index contributed by atoms with van der Waals surface area (Å²) >= 11 is 0. The van der Waals surface area contributed by atoms with Crippen molar-refractivity contribution in [3.05, 3.63) is 167 Å². The summed E-state index contributed by atoms with van der Waals surface area (Å²) in [6.45, 7) is 15.4. The van der Waals surface area contributed by atoms with E-state index in [1.54, 1.807) is 143 Å². The van der Waals surface area contributed by atoms with Crippen molar-refractivity contribution >= 4 is 131 Å². The molecule has 0 saturated carbocycles. The topological polar surface area (TPSA) is 626 Å². The Bertz CT molecular complexity index is 5950. The largest absolute Gasteiger partial charge is 0.494 e. The molecule has 0 radical (unpaired) electrons. The number of nitrogens with one attached hydrogen (secondary N) is 15. The van der Waals surface area contributed by atoms with Crippen molar-refractivity contribution in [2.75, 3.05) is 76.2 Å². The molecule has 1 unspecified atom stereocenters. The molecule has 0 aliphatic rings. The fourth-order valence-corrected chi connectivity index (χ4v) is 17.5. The lowest BCUT2D eigenvalue weighted by Gasteiger charge is -2.26. The number of carboxylic acids is 2. The maximum absolute atomic E-state index is 14.7. The Morgan fingerprint density at radius 1 is 0.449 bits per heavy atom. The quantitative estimate of drug-likeness (QED) is 0.0143. The first-order valence-electron chi connectivity index (χ1n) is 44.5. The second-order valence-electron chi connectivity index (χ2n) is 34.1. The van der Waals surface area contributed by atoms with E-state index in [1.807, 2.05) is 0 Å². The van der Waals surface area contributed by atoms with Gasteiger partial charge in [-0.1, -0.05) is 30.3 Å². The van der Waals surface area contributed by atoms with E-state index in [0.717, 1.165) is 11.0 Å². The number of alkyl carbamates (subject to hydrolysis) is 1. The number of carbonyl (C=O) groups is 13. The van der Waals surface area contributed by atoms with Crippen LogP contribution in [0, 0.1) is 27.7 Å². The Morgan fingerprint density at radius 2 is 0.841 bits per heavy atom. The number of aromatic amines is 2. The van der Waals surface area contributed by atoms with Gasteiger partial charge >= 0.3 is 30.0 Å². The number of anilines is 2. The number of esters is 2. The molecule has 0 bridgehead atoms. The van der Waals surface area contributed by atoms with Crippen molar-refractivity contribution in [3.8, 4) is 11.5 Å². The normalized spacial score (nSPS) is 12.7. The molecule has 4 aromatic heterocycles. The molecule has 17 N–H and O–H groups in total. The lowest BCUT2D eigenvalue weighted by atomic mass is 10.1. The number of carbonyl (C=O) groups excluding carboxylic acids is 11. The highest BCUT2D eigenvalue weighted by Crippen LogP contribution is 2.29. The summed E-state index contributed by atoms with van der Waals surface area (Å²) in [4.78, 5) is 188. The van der Waals surface area contributed by atoms with Crippen LogP contribution in [0.3, 0.4) is 0 Å². The molecule has 0 spiro atoms. The number of aromatic nitrogens is 8. The number of aryl methyl sites for hydroxylation is 4. The molecule has 0 saturated heterocycles. The van der Waals surface area contributed by atoms with Crippen molar-refractivity contribution in [2.24, 2.45) is 0 Å². The van der Waals surface area contributed by atoms with Gasteiger partial charge in [-0.05, 0) is 190 Å². The maximum atomic E-state index is 14.7. The van der Waals surface area contributed by atoms with Crippen LogP contribution in [0.4, 0.5) is 16.7 Å². The van der Waals surface area contributed by atoms with Gasteiger partial charge in [0.1, 0.15) is 59.5 Å². The van der Waals surface area contributed by atoms with Gasteiger partial charge in [0.05, 0.1) is 59.5 Å². The molecule has 744 valence electrons. The number of sulfonamides is 2. The molecule has 9 amide bonds. The number of aliphatic carboxylic acids is 2. The summed E-state index contributed by atoms with van der Waals surface area (Å²) in [5.74, 6) is -8.85. The van der Waals surface area contributed by atoms with Crippen LogP contribution < -0.4 is 77.4 Å². The fourth-order valence-electron chi connectivity index (χ4n) is 14.2. The molecule has 45 nitrogen and oxygen atoms in total. The fraction of sp³-hybridized carbons (Fsp3) is 0.440. The molecule has 0 aliphatic heterocycles. The first-order chi connectivity index (χ1) is 65.5. The van der Waals surface area contributed by atoms with E-state index in [-0.39, 0.29) is 133 Å². The molecule has 0 aliphatic carbocycles. The van der Waals surface area contributed by atoms with Crippen molar-refractivity contribution in [1.82, 2.24) is 96.8 Å². The van der Waals surface area contributed by atoms with Gasteiger partial charge in [-0.15, -0.1) is 0 Å². The Morgan fingerprint density at radius 3 is 1.24 bits per heavy atom. The van der Waals surface area contributed by atoms with Crippen molar-refractivity contribution < 1.29 is 113 Å². The van der Waals surface area contributed by atoms with Crippen molar-refractivity contribution in [2.45, 2.75) is 204 Å². The third-order valence-corrected chi connectivity index (χ3v) is 24.1. The number of carboxylic acid groups (broad SMARTS) is 2. The van der Waals surface area contributed by atoms with E-state index in [2.05, 4.69) is 98.1 Å². The predicted molar refractivity (Wildman–Crippen MR) is 502 cm³/mol. The number of rotatable bonds is 55. The maximum Gasteiger partial charge on any atom is 0.408 e. The van der Waals surface area contributed by atoms with Gasteiger partial charge in [0.25, 0.3) is 11.8 Å². The summed E-state index contributed by atoms with van der Waals surface area (Å²) in [7, 11) is -9.07. The second kappa shape index (κ2) is 50.8. The first-order valence-corrected chi connectivity index (χ1v) is 47.5. The van der Waals surface area contributed by atoms with Gasteiger partial charge in [-0.3, -0.25) is 66.9 Å². The predicted octanol–water partition coefficient (Wildman–Crippen LogP) is 4.38. The van der Waals surface area contributed by atoms with E-state index in [9.17, 15) is 89.4 Å². The second-order valence-corrected chi connectivity index (χ2v) is 37.4. The Balaban J connectivity index is 0.761. The zero-order valence-corrected chi connectivity index (χ0v) is 79.8. The van der Waals surface area contributed by atoms with Crippen molar-refractivity contribution in [1.29, 1.82) is 0 Å². The third-order valence-electron chi connectivity index (χ3n) is 20.6. The van der Waals surface area contributed by atoms with Crippen LogP contribution >= 0.6 is 0 Å². The van der Waals surface area contributed by atoms with Gasteiger partial charge in [-0.2, -0.15) is 19.6 Å². The summed E-state index contributed by atoms with van der Waals surface area (Å²) in [5.41, 5.74) is 1.26. The number of benzene rings is 5. The number of ether oxygens (including phenoxy) is 5. The smallest absolute Gasteiger partial charge is 0.408 e. The standard InChI is InChI=1S/C91H119N21O24S2/c1-55-44-64(45-56(2)78(55)137(128,129)109-69(85(123)124)52-102-80(118)60-20-25-71-62(48-60)50-104-111(71)40-38-100-87-96-34-35-97-87)132-42-14-18-73(113)92-30-31-94-75(115)27-22-66(106-83(121)67(23-28-76(116)135-90(5,6)7)107-84(122)68(24-29-77(117)136-91(8,9)10)108-89(127)134-54-59-16-12-11-13-17-59)82(120)95-33-32-93-74(114)19-15-43-133-65-46-57(3)79(58(4)47-65)138(130,131)110-70(86(125)126)53-103-81(119)61-21-26-72-63(49-61)51-105-112(72)41-39-101-88-98-36-37-99-88/h11-13,16-17,20-21,25-26,34-37,44-51,66-70,109-110H,14-15,18-19,22-24,27-33,38-43,52-54H2,1-10H3,(H,92,113)(H,93,114)(H,94,115)(H,95,120)(H,102,118)(H,103,119)(H,106,121)(H,107,122)(H,108,127)(H,123,124)(H,125,126)(H2,96,97,100)(H2,98,99,101)/t66?,67-,68+,69-,70+/m0/s1. The monoisotopic (exact) mass is 1950 g/mol. The Kier molecular flexibility index (Phi) is 39.4. The van der Waals surface area contributed by atoms with Crippen LogP contribution in [0.25, 0.3) is 21.8 Å². The SMILES string of the molecule is Cc1cc(OCCCC(=O)NCCNC(=O)CCC(NC(=O)[C@H](CCC(=O)OC(C)(C)C)NC(=O)[C@@H](CCC(=O)OC(C)(C)C)NC(=O)OCc2ccccc2)C(=O)NCCNC(=O)CCCOc2cc(C)c(S(=O)(=O)N[C@H](CNC(=O)c3ccc4c(cnn4CCNc4ncc[nH]4)c3)C(=O)O)c(C)c2)cc(C)c1S(=O)(=O)N[C@@H](CNC(=O)c1ccc2c(cnn2CCNc2ncc[nH]2)c1)C(=O)O. The number of hydrogen-bond acceptors (Lipinski definition) is 28. The van der Waals surface area contributed by atoms with E-state index in [0.29, 0.717) is 54.4 Å². The average Bonchev–Trinajstić information content (AvgIpc) is 0.976. The Labute approximate surface area is 795 Å². The van der Waals surface area contributed by atoms with Gasteiger partial charge in [-0.25, -0.2) is 31.6 Å². The van der Waals surface area contributed by atoms with Crippen LogP contribution in [0.5, 0.6) is 11.5 Å². The van der Waals surface area contributed by atoms with E-state index < -0.39 is 184 Å². The summed E-state index contributed by atoms with van der Waals surface area (Å²) in [6.07, 6.45) is 6.22. The van der Waals surface area contributed by atoms with Crippen molar-refractivity contribution in [3.63, 3.8) is 0 Å². The summed E-state index contributed by atoms with van der Waals surface area (Å²) < 4.78 is 91.4. The molecule has 5 atom stereocenters. The van der Waals surface area contributed by atoms with Gasteiger partial charge in [0.2, 0.25) is 55.5 Å². The average molecular weight is 1960 g/mol. The zero-order valence-electron chi connectivity index (χ0n) is 78.2. The van der Waals surface area contributed by atoms with Gasteiger partial charge in [0.15, 0.2) is 11.9 Å². The molecule has 5 aromatic carbocycles. The first kappa shape index (κ1) is 107. The van der Waals surface area contributed by atoms with E-state index in [1.165, 1.54) is 64.1 Å². The highest BCUT2D eigenvalue weighted by Gasteiger charge is 2.35. The number of fused-ring (bicyclic) bond motifs is 2. The summed E-state index contributed by atoms with van der Waals surface area (Å²) in [5, 5.41) is 59.7. The minimum absolute atomic E-state index is 0.0143. The number of hydrogen-bond donors (Lipinski definition) is 17. The highest BCUT2D eigenvalue weighted by molar-refractivity contribution is 7.90. The third kappa shape index (κ3) is 34.6. The minimum atomic E-state index is -4.54. The number of H-pyrrole nitrogens is 2.